The summed E-state index contributed by atoms with van der Waals surface area (Å²) in [6.07, 6.45) is 5.92. The number of methoxy groups -OCH3 is 2. The summed E-state index contributed by atoms with van der Waals surface area (Å²) < 4.78 is 10.8. The molecule has 9 heteroatoms. The highest BCUT2D eigenvalue weighted by Gasteiger charge is 2.36. The number of rotatable bonds is 6. The molecule has 1 heterocycles. The first-order chi connectivity index (χ1) is 12.7. The van der Waals surface area contributed by atoms with Gasteiger partial charge < -0.3 is 14.8 Å². The van der Waals surface area contributed by atoms with Crippen LogP contribution in [0.1, 0.15) is 43.7 Å². The Hall–Kier alpha value is -1.28. The standard InChI is InChI=1S/C19H29N3O4.2ClH/c1-25-17-12-15(16(22(23)24)13-18(17)26-2)19(14-6-4-3-5-7-14)21-10-8-20-9-11-21;;/h12-14,19-20H,3-11H2,1-2H3;2*1H/t19-;;/m0../s1. The molecule has 2 aliphatic rings. The van der Waals surface area contributed by atoms with Gasteiger partial charge in [0, 0.05) is 32.2 Å². The third kappa shape index (κ3) is 5.41. The molecule has 1 saturated carbocycles. The minimum absolute atomic E-state index is 0. The maximum Gasteiger partial charge on any atom is 0.278 e. The van der Waals surface area contributed by atoms with Gasteiger partial charge in [-0.3, -0.25) is 15.0 Å². The van der Waals surface area contributed by atoms with E-state index in [0.29, 0.717) is 17.4 Å². The zero-order valence-electron chi connectivity index (χ0n) is 16.5. The number of hydrogen-bond acceptors (Lipinski definition) is 6. The van der Waals surface area contributed by atoms with Crippen LogP contribution in [-0.2, 0) is 0 Å². The maximum atomic E-state index is 11.8. The second-order valence-electron chi connectivity index (χ2n) is 7.15. The van der Waals surface area contributed by atoms with E-state index < -0.39 is 0 Å². The highest BCUT2D eigenvalue weighted by atomic mass is 35.5. The predicted octanol–water partition coefficient (Wildman–Crippen LogP) is 3.98. The Labute approximate surface area is 179 Å². The molecule has 1 aliphatic carbocycles. The second kappa shape index (κ2) is 11.7. The Morgan fingerprint density at radius 1 is 1.07 bits per heavy atom. The van der Waals surface area contributed by atoms with Crippen LogP contribution in [0.25, 0.3) is 0 Å². The van der Waals surface area contributed by atoms with E-state index in [1.165, 1.54) is 32.4 Å². The molecule has 0 amide bonds. The van der Waals surface area contributed by atoms with E-state index in [0.717, 1.165) is 44.6 Å². The number of nitrogens with one attached hydrogen (secondary N) is 1. The molecule has 1 aromatic rings. The van der Waals surface area contributed by atoms with Gasteiger partial charge >= 0.3 is 0 Å². The summed E-state index contributed by atoms with van der Waals surface area (Å²) in [6, 6.07) is 3.40. The van der Waals surface area contributed by atoms with Gasteiger partial charge in [-0.1, -0.05) is 19.3 Å². The maximum absolute atomic E-state index is 11.8. The van der Waals surface area contributed by atoms with Crippen LogP contribution < -0.4 is 14.8 Å². The Kier molecular flexibility index (Phi) is 10.3. The monoisotopic (exact) mass is 435 g/mol. The molecule has 0 spiro atoms. The Balaban J connectivity index is 0.00000196. The minimum atomic E-state index is -0.282. The third-order valence-corrected chi connectivity index (χ3v) is 5.69. The van der Waals surface area contributed by atoms with Crippen LogP contribution in [-0.4, -0.2) is 50.2 Å². The quantitative estimate of drug-likeness (QED) is 0.537. The van der Waals surface area contributed by atoms with Crippen LogP contribution in [0.4, 0.5) is 5.69 Å². The summed E-state index contributed by atoms with van der Waals surface area (Å²) in [5.41, 5.74) is 0.901. The number of halogens is 2. The number of nitro groups is 1. The van der Waals surface area contributed by atoms with Crippen molar-refractivity contribution in [3.05, 3.63) is 27.8 Å². The fourth-order valence-corrected chi connectivity index (χ4v) is 4.44. The molecule has 7 nitrogen and oxygen atoms in total. The fraction of sp³-hybridized carbons (Fsp3) is 0.684. The summed E-state index contributed by atoms with van der Waals surface area (Å²) in [4.78, 5) is 14.0. The lowest BCUT2D eigenvalue weighted by molar-refractivity contribution is -0.386. The molecule has 0 aromatic heterocycles. The average molecular weight is 436 g/mol. The molecule has 1 aromatic carbocycles. The van der Waals surface area contributed by atoms with Gasteiger partial charge in [0.25, 0.3) is 5.69 Å². The van der Waals surface area contributed by atoms with E-state index in [-0.39, 0.29) is 41.5 Å². The third-order valence-electron chi connectivity index (χ3n) is 5.69. The molecule has 160 valence electrons. The number of nitro benzene ring substituents is 1. The van der Waals surface area contributed by atoms with Crippen LogP contribution in [0.2, 0.25) is 0 Å². The number of benzene rings is 1. The van der Waals surface area contributed by atoms with Gasteiger partial charge in [0.15, 0.2) is 11.5 Å². The molecule has 1 saturated heterocycles. The summed E-state index contributed by atoms with van der Waals surface area (Å²) in [6.45, 7) is 3.66. The van der Waals surface area contributed by atoms with Crippen molar-refractivity contribution in [2.75, 3.05) is 40.4 Å². The van der Waals surface area contributed by atoms with E-state index in [9.17, 15) is 10.1 Å². The fourth-order valence-electron chi connectivity index (χ4n) is 4.44. The van der Waals surface area contributed by atoms with Gasteiger partial charge in [-0.25, -0.2) is 0 Å². The normalized spacial score (nSPS) is 19.1. The topological polar surface area (TPSA) is 76.9 Å². The summed E-state index contributed by atoms with van der Waals surface area (Å²) >= 11 is 0. The molecule has 0 unspecified atom stereocenters. The van der Waals surface area contributed by atoms with Crippen LogP contribution in [0.5, 0.6) is 11.5 Å². The SMILES string of the molecule is COc1cc([C@H](C2CCCCC2)N2CCNCC2)c([N+](=O)[O-])cc1OC.Cl.Cl. The smallest absolute Gasteiger partial charge is 0.278 e. The number of nitrogens with zero attached hydrogens (tertiary/aromatic N) is 2. The van der Waals surface area contributed by atoms with Gasteiger partial charge in [-0.2, -0.15) is 0 Å². The summed E-state index contributed by atoms with van der Waals surface area (Å²) in [7, 11) is 3.09. The Morgan fingerprint density at radius 3 is 2.18 bits per heavy atom. The van der Waals surface area contributed by atoms with Crippen molar-refractivity contribution < 1.29 is 14.4 Å². The van der Waals surface area contributed by atoms with E-state index in [2.05, 4.69) is 10.2 Å². The lowest BCUT2D eigenvalue weighted by Gasteiger charge is -2.41. The highest BCUT2D eigenvalue weighted by molar-refractivity contribution is 5.85. The van der Waals surface area contributed by atoms with Crippen molar-refractivity contribution in [2.45, 2.75) is 38.1 Å². The van der Waals surface area contributed by atoms with Crippen LogP contribution >= 0.6 is 24.8 Å². The Morgan fingerprint density at radius 2 is 1.64 bits per heavy atom. The van der Waals surface area contributed by atoms with Crippen molar-refractivity contribution in [1.29, 1.82) is 0 Å². The Bertz CT molecular complexity index is 618. The molecular formula is C19H31Cl2N3O4. The molecule has 1 atom stereocenters. The molecule has 0 bridgehead atoms. The van der Waals surface area contributed by atoms with Crippen molar-refractivity contribution >= 4 is 30.5 Å². The molecule has 1 aliphatic heterocycles. The average Bonchev–Trinajstić information content (AvgIpc) is 2.69. The van der Waals surface area contributed by atoms with E-state index in [1.807, 2.05) is 6.07 Å². The highest BCUT2D eigenvalue weighted by Crippen LogP contribution is 2.45. The van der Waals surface area contributed by atoms with Crippen molar-refractivity contribution in [1.82, 2.24) is 10.2 Å². The number of ether oxygens (including phenoxy) is 2. The first-order valence-electron chi connectivity index (χ1n) is 9.50. The molecule has 1 N–H and O–H groups in total. The lowest BCUT2D eigenvalue weighted by Crippen LogP contribution is -2.47. The van der Waals surface area contributed by atoms with Crippen LogP contribution in [0.3, 0.4) is 0 Å². The first kappa shape index (κ1) is 24.8. The lowest BCUT2D eigenvalue weighted by atomic mass is 9.79. The molecule has 28 heavy (non-hydrogen) atoms. The van der Waals surface area contributed by atoms with Crippen molar-refractivity contribution in [3.8, 4) is 11.5 Å². The van der Waals surface area contributed by atoms with Crippen LogP contribution in [0, 0.1) is 16.0 Å². The predicted molar refractivity (Wildman–Crippen MR) is 114 cm³/mol. The van der Waals surface area contributed by atoms with Gasteiger partial charge in [0.05, 0.1) is 30.8 Å². The number of hydrogen-bond donors (Lipinski definition) is 1. The number of piperazine rings is 1. The second-order valence-corrected chi connectivity index (χ2v) is 7.15. The van der Waals surface area contributed by atoms with Crippen molar-refractivity contribution in [3.63, 3.8) is 0 Å². The molecule has 3 rings (SSSR count). The van der Waals surface area contributed by atoms with Gasteiger partial charge in [-0.05, 0) is 24.8 Å². The van der Waals surface area contributed by atoms with E-state index >= 15 is 0 Å². The summed E-state index contributed by atoms with van der Waals surface area (Å²) in [5, 5.41) is 15.2. The van der Waals surface area contributed by atoms with Crippen LogP contribution in [0.15, 0.2) is 12.1 Å². The summed E-state index contributed by atoms with van der Waals surface area (Å²) in [5.74, 6) is 1.41. The zero-order valence-corrected chi connectivity index (χ0v) is 18.2. The minimum Gasteiger partial charge on any atom is -0.493 e. The molecule has 0 radical (unpaired) electrons. The van der Waals surface area contributed by atoms with Gasteiger partial charge in [0.2, 0.25) is 0 Å². The first-order valence-corrected chi connectivity index (χ1v) is 9.50. The van der Waals surface area contributed by atoms with E-state index in [4.69, 9.17) is 9.47 Å². The van der Waals surface area contributed by atoms with Gasteiger partial charge in [0.1, 0.15) is 0 Å². The van der Waals surface area contributed by atoms with Gasteiger partial charge in [-0.15, -0.1) is 24.8 Å². The molecule has 2 fully saturated rings. The molecular weight excluding hydrogens is 405 g/mol. The largest absolute Gasteiger partial charge is 0.493 e. The van der Waals surface area contributed by atoms with Crippen molar-refractivity contribution in [2.24, 2.45) is 5.92 Å². The zero-order chi connectivity index (χ0) is 18.5. The van der Waals surface area contributed by atoms with E-state index in [1.54, 1.807) is 7.11 Å².